The number of ether oxygens (including phenoxy) is 1. The molecule has 0 atom stereocenters. The second kappa shape index (κ2) is 7.15. The third-order valence-electron chi connectivity index (χ3n) is 3.45. The number of halogens is 1. The average Bonchev–Trinajstić information content (AvgIpc) is 2.94. The topological polar surface area (TPSA) is 76.9 Å². The van der Waals surface area contributed by atoms with E-state index in [4.69, 9.17) is 4.74 Å². The van der Waals surface area contributed by atoms with Crippen LogP contribution in [0.5, 0.6) is 5.75 Å². The molecule has 0 aliphatic carbocycles. The van der Waals surface area contributed by atoms with Crippen LogP contribution in [0.15, 0.2) is 30.5 Å². The monoisotopic (exact) mass is 334 g/mol. The van der Waals surface area contributed by atoms with Crippen LogP contribution in [0.3, 0.4) is 0 Å². The molecule has 2 heterocycles. The van der Waals surface area contributed by atoms with Crippen molar-refractivity contribution in [1.29, 1.82) is 0 Å². The van der Waals surface area contributed by atoms with Gasteiger partial charge in [0.25, 0.3) is 0 Å². The first-order valence-corrected chi connectivity index (χ1v) is 6.96. The Bertz CT molecular complexity index is 804. The number of aryl methyl sites for hydroxylation is 1. The van der Waals surface area contributed by atoms with Crippen molar-refractivity contribution in [1.82, 2.24) is 19.7 Å². The van der Waals surface area contributed by atoms with E-state index < -0.39 is 0 Å². The molecule has 0 fully saturated rings. The van der Waals surface area contributed by atoms with Crippen molar-refractivity contribution in [3.05, 3.63) is 36.0 Å². The Morgan fingerprint density at radius 3 is 2.74 bits per heavy atom. The second-order valence-corrected chi connectivity index (χ2v) is 4.82. The van der Waals surface area contributed by atoms with Crippen LogP contribution in [-0.4, -0.2) is 33.9 Å². The van der Waals surface area contributed by atoms with E-state index >= 15 is 0 Å². The van der Waals surface area contributed by atoms with Gasteiger partial charge in [-0.2, -0.15) is 15.1 Å². The summed E-state index contributed by atoms with van der Waals surface area (Å²) >= 11 is 0. The molecule has 0 saturated carbocycles. The van der Waals surface area contributed by atoms with E-state index in [-0.39, 0.29) is 12.4 Å². The predicted molar refractivity (Wildman–Crippen MR) is 93.4 cm³/mol. The van der Waals surface area contributed by atoms with E-state index in [2.05, 4.69) is 25.7 Å². The lowest BCUT2D eigenvalue weighted by atomic mass is 10.2. The number of fused-ring (bicyclic) bond motifs is 1. The molecule has 2 aromatic heterocycles. The smallest absolute Gasteiger partial charge is 0.226 e. The number of aromatic nitrogens is 4. The molecule has 0 aliphatic heterocycles. The molecule has 23 heavy (non-hydrogen) atoms. The first-order valence-electron chi connectivity index (χ1n) is 6.96. The molecule has 0 radical (unpaired) electrons. The van der Waals surface area contributed by atoms with Gasteiger partial charge in [-0.3, -0.25) is 4.68 Å². The molecule has 0 amide bonds. The van der Waals surface area contributed by atoms with E-state index in [9.17, 15) is 0 Å². The third kappa shape index (κ3) is 3.29. The summed E-state index contributed by atoms with van der Waals surface area (Å²) in [7, 11) is 5.32. The molecule has 0 saturated heterocycles. The van der Waals surface area contributed by atoms with Crippen molar-refractivity contribution < 1.29 is 4.74 Å². The van der Waals surface area contributed by atoms with Gasteiger partial charge < -0.3 is 15.4 Å². The maximum absolute atomic E-state index is 5.37. The third-order valence-corrected chi connectivity index (χ3v) is 3.45. The lowest BCUT2D eigenvalue weighted by molar-refractivity contribution is 0.410. The van der Waals surface area contributed by atoms with Gasteiger partial charge in [0, 0.05) is 26.2 Å². The van der Waals surface area contributed by atoms with Gasteiger partial charge in [0.15, 0.2) is 5.65 Å². The summed E-state index contributed by atoms with van der Waals surface area (Å²) in [6, 6.07) is 7.89. The van der Waals surface area contributed by atoms with Gasteiger partial charge in [-0.1, -0.05) is 18.2 Å². The van der Waals surface area contributed by atoms with Crippen LogP contribution in [-0.2, 0) is 13.6 Å². The predicted octanol–water partition coefficient (Wildman–Crippen LogP) is 2.45. The fourth-order valence-electron chi connectivity index (χ4n) is 2.30. The van der Waals surface area contributed by atoms with E-state index in [0.29, 0.717) is 12.5 Å². The van der Waals surface area contributed by atoms with Gasteiger partial charge in [-0.15, -0.1) is 12.4 Å². The zero-order chi connectivity index (χ0) is 15.5. The molecule has 2 N–H and O–H groups in total. The largest absolute Gasteiger partial charge is 0.496 e. The van der Waals surface area contributed by atoms with Gasteiger partial charge in [-0.05, 0) is 6.07 Å². The quantitative estimate of drug-likeness (QED) is 0.746. The van der Waals surface area contributed by atoms with Gasteiger partial charge in [-0.25, -0.2) is 0 Å². The van der Waals surface area contributed by atoms with Gasteiger partial charge in [0.05, 0.1) is 18.7 Å². The zero-order valence-corrected chi connectivity index (χ0v) is 14.0. The maximum Gasteiger partial charge on any atom is 0.226 e. The van der Waals surface area contributed by atoms with Crippen molar-refractivity contribution in [2.24, 2.45) is 7.05 Å². The normalized spacial score (nSPS) is 10.2. The first kappa shape index (κ1) is 16.8. The highest BCUT2D eigenvalue weighted by atomic mass is 35.5. The van der Waals surface area contributed by atoms with Crippen molar-refractivity contribution in [2.45, 2.75) is 6.54 Å². The summed E-state index contributed by atoms with van der Waals surface area (Å²) in [6.07, 6.45) is 1.76. The summed E-state index contributed by atoms with van der Waals surface area (Å²) in [6.45, 7) is 0.605. The lowest BCUT2D eigenvalue weighted by Gasteiger charge is -2.11. The molecule has 8 heteroatoms. The van der Waals surface area contributed by atoms with E-state index in [0.717, 1.165) is 28.2 Å². The Morgan fingerprint density at radius 1 is 1.22 bits per heavy atom. The molecule has 0 spiro atoms. The van der Waals surface area contributed by atoms with Gasteiger partial charge in [0.1, 0.15) is 11.6 Å². The number of para-hydroxylation sites is 1. The van der Waals surface area contributed by atoms with Crippen LogP contribution < -0.4 is 15.4 Å². The SMILES string of the molecule is CNc1nc(NCc2ccccc2OC)c2cnn(C)c2n1.Cl. The van der Waals surface area contributed by atoms with Crippen molar-refractivity contribution in [2.75, 3.05) is 24.8 Å². The molecule has 122 valence electrons. The van der Waals surface area contributed by atoms with Crippen LogP contribution in [0.1, 0.15) is 5.56 Å². The number of nitrogens with one attached hydrogen (secondary N) is 2. The highest BCUT2D eigenvalue weighted by Gasteiger charge is 2.11. The average molecular weight is 335 g/mol. The van der Waals surface area contributed by atoms with Crippen molar-refractivity contribution in [3.8, 4) is 5.75 Å². The summed E-state index contributed by atoms with van der Waals surface area (Å²) in [5.74, 6) is 2.15. The standard InChI is InChI=1S/C15H18N6O.ClH/c1-16-15-19-13(11-9-18-21(2)14(11)20-15)17-8-10-6-4-5-7-12(10)22-3;/h4-7,9H,8H2,1-3H3,(H2,16,17,19,20);1H. The van der Waals surface area contributed by atoms with Crippen molar-refractivity contribution in [3.63, 3.8) is 0 Å². The van der Waals surface area contributed by atoms with E-state index in [1.165, 1.54) is 0 Å². The Hall–Kier alpha value is -2.54. The fraction of sp³-hybridized carbons (Fsp3) is 0.267. The minimum Gasteiger partial charge on any atom is -0.496 e. The van der Waals surface area contributed by atoms with Crippen LogP contribution in [0.2, 0.25) is 0 Å². The summed E-state index contributed by atoms with van der Waals surface area (Å²) in [5, 5.41) is 11.4. The molecular weight excluding hydrogens is 316 g/mol. The maximum atomic E-state index is 5.37. The summed E-state index contributed by atoms with van der Waals surface area (Å²) in [5.41, 5.74) is 1.84. The van der Waals surface area contributed by atoms with Crippen LogP contribution in [0, 0.1) is 0 Å². The minimum absolute atomic E-state index is 0. The first-order chi connectivity index (χ1) is 10.7. The van der Waals surface area contributed by atoms with Crippen LogP contribution in [0.4, 0.5) is 11.8 Å². The Balaban J connectivity index is 0.00000192. The minimum atomic E-state index is 0. The number of hydrogen-bond donors (Lipinski definition) is 2. The number of anilines is 2. The van der Waals surface area contributed by atoms with Crippen LogP contribution >= 0.6 is 12.4 Å². The summed E-state index contributed by atoms with van der Waals surface area (Å²) in [4.78, 5) is 8.89. The molecule has 0 unspecified atom stereocenters. The summed E-state index contributed by atoms with van der Waals surface area (Å²) < 4.78 is 7.10. The number of nitrogens with zero attached hydrogens (tertiary/aromatic N) is 4. The Morgan fingerprint density at radius 2 is 2.00 bits per heavy atom. The molecule has 0 bridgehead atoms. The Kier molecular flexibility index (Phi) is 5.23. The van der Waals surface area contributed by atoms with Gasteiger partial charge in [0.2, 0.25) is 5.95 Å². The van der Waals surface area contributed by atoms with Crippen LogP contribution in [0.25, 0.3) is 11.0 Å². The highest BCUT2D eigenvalue weighted by molar-refractivity contribution is 5.87. The molecule has 1 aromatic carbocycles. The number of hydrogen-bond acceptors (Lipinski definition) is 6. The molecular formula is C15H19ClN6O. The van der Waals surface area contributed by atoms with Crippen molar-refractivity contribution >= 4 is 35.2 Å². The number of rotatable bonds is 5. The number of benzene rings is 1. The van der Waals surface area contributed by atoms with Gasteiger partial charge >= 0.3 is 0 Å². The molecule has 3 rings (SSSR count). The molecule has 7 nitrogen and oxygen atoms in total. The Labute approximate surface area is 140 Å². The highest BCUT2D eigenvalue weighted by Crippen LogP contribution is 2.23. The number of methoxy groups -OCH3 is 1. The fourth-order valence-corrected chi connectivity index (χ4v) is 2.30. The molecule has 3 aromatic rings. The lowest BCUT2D eigenvalue weighted by Crippen LogP contribution is -2.07. The zero-order valence-electron chi connectivity index (χ0n) is 13.2. The van der Waals surface area contributed by atoms with E-state index in [1.807, 2.05) is 31.3 Å². The second-order valence-electron chi connectivity index (χ2n) is 4.82. The molecule has 0 aliphatic rings. The van der Waals surface area contributed by atoms with E-state index in [1.54, 1.807) is 25.0 Å².